The lowest BCUT2D eigenvalue weighted by Crippen LogP contribution is -2.59. The number of rotatable bonds is 4. The van der Waals surface area contributed by atoms with Crippen LogP contribution in [-0.2, 0) is 6.42 Å². The van der Waals surface area contributed by atoms with Gasteiger partial charge in [-0.1, -0.05) is 103 Å². The standard InChI is InChI=1S/C45H33N3O3/c1-2-10-26(11-3-1)43-46-44(48-45(47-43)34-16-9-19-39-41(34)33-13-5-7-18-37(33)49-39)28-21-23-38-35(24-28)31-22-20-27(25-40(31)50-38)29-14-8-15-32-30-12-4-6-17-36(30)51-42(29)32/h1-20,22,24-25,43-48H,21,23H2. The van der Waals surface area contributed by atoms with E-state index in [1.165, 1.54) is 16.7 Å². The molecule has 3 unspecified atom stereocenters. The molecule has 1 aliphatic carbocycles. The Labute approximate surface area is 293 Å². The molecule has 246 valence electrons. The van der Waals surface area contributed by atoms with Crippen molar-refractivity contribution >= 4 is 60.9 Å². The molecule has 9 aromatic rings. The largest absolute Gasteiger partial charge is 0.460 e. The maximum Gasteiger partial charge on any atom is 0.143 e. The maximum absolute atomic E-state index is 6.58. The molecule has 3 atom stereocenters. The molecule has 6 heteroatoms. The fourth-order valence-corrected chi connectivity index (χ4v) is 8.31. The summed E-state index contributed by atoms with van der Waals surface area (Å²) in [6.07, 6.45) is 3.79. The first-order valence-corrected chi connectivity index (χ1v) is 17.6. The molecule has 6 aromatic carbocycles. The van der Waals surface area contributed by atoms with Crippen LogP contribution in [-0.4, -0.2) is 6.17 Å². The van der Waals surface area contributed by atoms with Gasteiger partial charge in [0.2, 0.25) is 0 Å². The van der Waals surface area contributed by atoms with Crippen molar-refractivity contribution in [1.29, 1.82) is 0 Å². The highest BCUT2D eigenvalue weighted by Gasteiger charge is 2.33. The van der Waals surface area contributed by atoms with Crippen LogP contribution in [0, 0.1) is 0 Å². The van der Waals surface area contributed by atoms with E-state index < -0.39 is 0 Å². The zero-order valence-corrected chi connectivity index (χ0v) is 27.7. The predicted octanol–water partition coefficient (Wildman–Crippen LogP) is 10.7. The van der Waals surface area contributed by atoms with E-state index in [9.17, 15) is 0 Å². The van der Waals surface area contributed by atoms with E-state index in [2.05, 4.69) is 131 Å². The molecule has 3 aromatic heterocycles. The molecule has 0 radical (unpaired) electrons. The average molecular weight is 664 g/mol. The zero-order valence-electron chi connectivity index (χ0n) is 27.7. The zero-order chi connectivity index (χ0) is 33.5. The van der Waals surface area contributed by atoms with Crippen LogP contribution in [0.25, 0.3) is 72.0 Å². The van der Waals surface area contributed by atoms with Gasteiger partial charge in [-0.15, -0.1) is 0 Å². The van der Waals surface area contributed by atoms with Crippen molar-refractivity contribution in [3.63, 3.8) is 0 Å². The highest BCUT2D eigenvalue weighted by Crippen LogP contribution is 2.41. The highest BCUT2D eigenvalue weighted by molar-refractivity contribution is 6.10. The number of hydrogen-bond acceptors (Lipinski definition) is 6. The van der Waals surface area contributed by atoms with Gasteiger partial charge in [0, 0.05) is 44.5 Å². The number of nitrogens with one attached hydrogen (secondary N) is 3. The van der Waals surface area contributed by atoms with Gasteiger partial charge in [0.1, 0.15) is 33.7 Å². The Hall–Kier alpha value is -5.92. The third-order valence-electron chi connectivity index (χ3n) is 10.7. The number of fused-ring (bicyclic) bond motifs is 9. The lowest BCUT2D eigenvalue weighted by atomic mass is 9.92. The topological polar surface area (TPSA) is 75.5 Å². The summed E-state index contributed by atoms with van der Waals surface area (Å²) in [6.45, 7) is 0. The summed E-state index contributed by atoms with van der Waals surface area (Å²) in [4.78, 5) is 0. The van der Waals surface area contributed by atoms with Crippen LogP contribution in [0.4, 0.5) is 0 Å². The van der Waals surface area contributed by atoms with Crippen LogP contribution in [0.1, 0.15) is 41.2 Å². The predicted molar refractivity (Wildman–Crippen MR) is 204 cm³/mol. The minimum absolute atomic E-state index is 0.0669. The summed E-state index contributed by atoms with van der Waals surface area (Å²) in [5, 5.41) is 17.4. The highest BCUT2D eigenvalue weighted by atomic mass is 16.3. The van der Waals surface area contributed by atoms with Crippen LogP contribution >= 0.6 is 0 Å². The quantitative estimate of drug-likeness (QED) is 0.174. The molecule has 1 saturated heterocycles. The normalized spacial score (nSPS) is 19.3. The fraction of sp³-hybridized carbons (Fsp3) is 0.111. The second-order valence-corrected chi connectivity index (χ2v) is 13.7. The van der Waals surface area contributed by atoms with Gasteiger partial charge in [-0.3, -0.25) is 16.0 Å². The third-order valence-corrected chi connectivity index (χ3v) is 10.7. The van der Waals surface area contributed by atoms with Crippen LogP contribution in [0.15, 0.2) is 152 Å². The first-order chi connectivity index (χ1) is 25.2. The van der Waals surface area contributed by atoms with Crippen LogP contribution < -0.4 is 16.0 Å². The Morgan fingerprint density at radius 1 is 0.490 bits per heavy atom. The van der Waals surface area contributed by atoms with E-state index in [0.29, 0.717) is 0 Å². The van der Waals surface area contributed by atoms with Gasteiger partial charge in [0.25, 0.3) is 0 Å². The number of para-hydroxylation sites is 3. The Morgan fingerprint density at radius 3 is 2.12 bits per heavy atom. The number of hydrogen-bond donors (Lipinski definition) is 3. The van der Waals surface area contributed by atoms with Gasteiger partial charge in [0.05, 0.1) is 18.5 Å². The van der Waals surface area contributed by atoms with Crippen molar-refractivity contribution in [3.8, 4) is 11.1 Å². The number of benzene rings is 6. The summed E-state index contributed by atoms with van der Waals surface area (Å²) in [6, 6.07) is 46.4. The minimum Gasteiger partial charge on any atom is -0.460 e. The summed E-state index contributed by atoms with van der Waals surface area (Å²) < 4.78 is 19.2. The summed E-state index contributed by atoms with van der Waals surface area (Å²) in [7, 11) is 0. The van der Waals surface area contributed by atoms with Crippen molar-refractivity contribution < 1.29 is 13.3 Å². The summed E-state index contributed by atoms with van der Waals surface area (Å²) in [5.74, 6) is 1.03. The molecule has 3 N–H and O–H groups in total. The fourth-order valence-electron chi connectivity index (χ4n) is 8.31. The smallest absolute Gasteiger partial charge is 0.143 e. The molecular formula is C45H33N3O3. The minimum atomic E-state index is -0.127. The van der Waals surface area contributed by atoms with Gasteiger partial charge in [-0.25, -0.2) is 0 Å². The molecule has 0 saturated carbocycles. The summed E-state index contributed by atoms with van der Waals surface area (Å²) in [5.41, 5.74) is 11.5. The number of furan rings is 3. The lowest BCUT2D eigenvalue weighted by Gasteiger charge is -2.41. The molecule has 51 heavy (non-hydrogen) atoms. The molecule has 0 spiro atoms. The average Bonchev–Trinajstić information content (AvgIpc) is 3.88. The molecular weight excluding hydrogens is 631 g/mol. The monoisotopic (exact) mass is 663 g/mol. The maximum atomic E-state index is 6.58. The summed E-state index contributed by atoms with van der Waals surface area (Å²) >= 11 is 0. The van der Waals surface area contributed by atoms with E-state index in [4.69, 9.17) is 13.3 Å². The van der Waals surface area contributed by atoms with Crippen LogP contribution in [0.3, 0.4) is 0 Å². The van der Waals surface area contributed by atoms with Gasteiger partial charge in [-0.05, 0) is 65.1 Å². The first-order valence-electron chi connectivity index (χ1n) is 17.6. The van der Waals surface area contributed by atoms with E-state index in [0.717, 1.165) is 90.1 Å². The van der Waals surface area contributed by atoms with E-state index in [1.54, 1.807) is 0 Å². The van der Waals surface area contributed by atoms with Crippen molar-refractivity contribution in [1.82, 2.24) is 16.0 Å². The Bertz CT molecular complexity index is 2820. The van der Waals surface area contributed by atoms with Crippen LogP contribution in [0.5, 0.6) is 0 Å². The second kappa shape index (κ2) is 11.3. The third kappa shape index (κ3) is 4.61. The van der Waals surface area contributed by atoms with Crippen molar-refractivity contribution in [2.75, 3.05) is 0 Å². The van der Waals surface area contributed by atoms with Gasteiger partial charge in [-0.2, -0.15) is 0 Å². The van der Waals surface area contributed by atoms with Gasteiger partial charge < -0.3 is 13.3 Å². The first kappa shape index (κ1) is 28.9. The lowest BCUT2D eigenvalue weighted by molar-refractivity contribution is 0.221. The van der Waals surface area contributed by atoms with Crippen molar-refractivity contribution in [2.24, 2.45) is 0 Å². The van der Waals surface area contributed by atoms with E-state index in [1.807, 2.05) is 24.3 Å². The van der Waals surface area contributed by atoms with Crippen molar-refractivity contribution in [2.45, 2.75) is 31.3 Å². The Balaban J connectivity index is 0.982. The van der Waals surface area contributed by atoms with E-state index in [-0.39, 0.29) is 18.5 Å². The van der Waals surface area contributed by atoms with Crippen LogP contribution in [0.2, 0.25) is 0 Å². The second-order valence-electron chi connectivity index (χ2n) is 13.7. The SMILES string of the molecule is C1=C(C2NC(c3ccccc3)NC(c3cccc4oc5ccccc5c34)N2)CCc2oc3cc(-c4cccc5c4oc4ccccc45)ccc3c21. The van der Waals surface area contributed by atoms with Gasteiger partial charge in [0.15, 0.2) is 0 Å². The van der Waals surface area contributed by atoms with Crippen molar-refractivity contribution in [3.05, 3.63) is 161 Å². The number of aryl methyl sites for hydroxylation is 1. The molecule has 1 aliphatic heterocycles. The molecule has 4 heterocycles. The molecule has 6 nitrogen and oxygen atoms in total. The Kier molecular flexibility index (Phi) is 6.40. The molecule has 11 rings (SSSR count). The molecule has 1 fully saturated rings. The molecule has 0 amide bonds. The molecule has 2 aliphatic rings. The Morgan fingerprint density at radius 2 is 1.22 bits per heavy atom. The van der Waals surface area contributed by atoms with E-state index >= 15 is 0 Å². The molecule has 0 bridgehead atoms. The van der Waals surface area contributed by atoms with Gasteiger partial charge >= 0.3 is 0 Å².